The van der Waals surface area contributed by atoms with E-state index in [1.54, 1.807) is 33.0 Å². The summed E-state index contributed by atoms with van der Waals surface area (Å²) in [6, 6.07) is 1.75. The number of anilines is 1. The lowest BCUT2D eigenvalue weighted by Crippen LogP contribution is -2.27. The Morgan fingerprint density at radius 3 is 2.62 bits per heavy atom. The number of carbonyl (C=O) groups excluding carboxylic acids is 1. The number of carboxylic acid groups (broad SMARTS) is 1. The Morgan fingerprint density at radius 2 is 2.04 bits per heavy atom. The zero-order chi connectivity index (χ0) is 19.5. The van der Waals surface area contributed by atoms with Gasteiger partial charge >= 0.3 is 12.1 Å². The number of ether oxygens (including phenoxy) is 1. The van der Waals surface area contributed by atoms with Crippen molar-refractivity contribution >= 4 is 29.0 Å². The van der Waals surface area contributed by atoms with Gasteiger partial charge in [-0.2, -0.15) is 0 Å². The Balaban J connectivity index is 2.27. The molecule has 2 aromatic rings. The van der Waals surface area contributed by atoms with E-state index in [1.807, 2.05) is 14.1 Å². The van der Waals surface area contributed by atoms with Crippen molar-refractivity contribution in [3.05, 3.63) is 23.4 Å². The third kappa shape index (κ3) is 5.19. The summed E-state index contributed by atoms with van der Waals surface area (Å²) in [5.41, 5.74) is 0.549. The molecule has 0 unspecified atom stereocenters. The van der Waals surface area contributed by atoms with Crippen molar-refractivity contribution in [1.29, 1.82) is 0 Å². The van der Waals surface area contributed by atoms with Crippen LogP contribution in [0.2, 0.25) is 0 Å². The number of carbonyl (C=O) groups is 2. The minimum atomic E-state index is -1.23. The van der Waals surface area contributed by atoms with Crippen LogP contribution >= 0.6 is 0 Å². The average Bonchev–Trinajstić information content (AvgIpc) is 2.81. The molecule has 2 heterocycles. The van der Waals surface area contributed by atoms with Crippen molar-refractivity contribution in [2.75, 3.05) is 26.0 Å². The molecule has 0 fully saturated rings. The molecule has 0 bridgehead atoms. The average molecular weight is 363 g/mol. The monoisotopic (exact) mass is 363 g/mol. The van der Waals surface area contributed by atoms with E-state index in [1.165, 1.54) is 0 Å². The summed E-state index contributed by atoms with van der Waals surface area (Å²) in [7, 11) is 4.00. The van der Waals surface area contributed by atoms with Gasteiger partial charge < -0.3 is 19.2 Å². The van der Waals surface area contributed by atoms with Crippen LogP contribution in [-0.4, -0.2) is 53.3 Å². The zero-order valence-corrected chi connectivity index (χ0v) is 15.8. The first-order valence-electron chi connectivity index (χ1n) is 8.36. The quantitative estimate of drug-likeness (QED) is 0.810. The number of fused-ring (bicyclic) bond motifs is 1. The summed E-state index contributed by atoms with van der Waals surface area (Å²) in [6.07, 6.45) is 2.58. The molecule has 0 saturated carbocycles. The van der Waals surface area contributed by atoms with Crippen molar-refractivity contribution < 1.29 is 23.8 Å². The summed E-state index contributed by atoms with van der Waals surface area (Å²) in [4.78, 5) is 29.8. The maximum Gasteiger partial charge on any atom is 0.414 e. The fourth-order valence-corrected chi connectivity index (χ4v) is 2.44. The van der Waals surface area contributed by atoms with Crippen LogP contribution in [0.1, 0.15) is 43.1 Å². The van der Waals surface area contributed by atoms with Gasteiger partial charge in [0.05, 0.1) is 0 Å². The highest BCUT2D eigenvalue weighted by Crippen LogP contribution is 2.30. The Labute approximate surface area is 152 Å². The minimum absolute atomic E-state index is 0.181. The molecule has 2 aromatic heterocycles. The molecule has 2 N–H and O–H groups in total. The van der Waals surface area contributed by atoms with Gasteiger partial charge in [-0.15, -0.1) is 0 Å². The lowest BCUT2D eigenvalue weighted by atomic mass is 10.1. The zero-order valence-electron chi connectivity index (χ0n) is 15.8. The topological polar surface area (TPSA) is 105 Å². The molecule has 2 rings (SSSR count). The predicted molar refractivity (Wildman–Crippen MR) is 97.7 cm³/mol. The van der Waals surface area contributed by atoms with Crippen molar-refractivity contribution in [1.82, 2.24) is 9.88 Å². The molecule has 1 amide bonds. The van der Waals surface area contributed by atoms with Crippen LogP contribution in [0, 0.1) is 0 Å². The molecule has 26 heavy (non-hydrogen) atoms. The first-order valence-corrected chi connectivity index (χ1v) is 8.36. The molecule has 8 heteroatoms. The highest BCUT2D eigenvalue weighted by atomic mass is 16.6. The van der Waals surface area contributed by atoms with E-state index in [4.69, 9.17) is 9.15 Å². The van der Waals surface area contributed by atoms with E-state index in [0.29, 0.717) is 5.58 Å². The van der Waals surface area contributed by atoms with Gasteiger partial charge in [0.25, 0.3) is 0 Å². The van der Waals surface area contributed by atoms with E-state index in [0.717, 1.165) is 24.9 Å². The second-order valence-corrected chi connectivity index (χ2v) is 7.34. The van der Waals surface area contributed by atoms with Crippen molar-refractivity contribution in [3.63, 3.8) is 0 Å². The van der Waals surface area contributed by atoms with Gasteiger partial charge in [-0.3, -0.25) is 10.3 Å². The maximum atomic E-state index is 11.9. The molecular weight excluding hydrogens is 338 g/mol. The largest absolute Gasteiger partial charge is 0.477 e. The normalized spacial score (nSPS) is 11.8. The van der Waals surface area contributed by atoms with Gasteiger partial charge in [0.2, 0.25) is 5.88 Å². The number of amides is 1. The second-order valence-electron chi connectivity index (χ2n) is 7.34. The summed E-state index contributed by atoms with van der Waals surface area (Å²) >= 11 is 0. The Hall–Kier alpha value is -2.61. The number of aryl methyl sites for hydroxylation is 1. The fraction of sp³-hybridized carbons (Fsp3) is 0.500. The van der Waals surface area contributed by atoms with Gasteiger partial charge in [0.15, 0.2) is 5.58 Å². The van der Waals surface area contributed by atoms with Crippen LogP contribution in [0.5, 0.6) is 0 Å². The molecule has 0 aromatic carbocycles. The number of hydrogen-bond acceptors (Lipinski definition) is 6. The van der Waals surface area contributed by atoms with E-state index >= 15 is 0 Å². The van der Waals surface area contributed by atoms with E-state index in [-0.39, 0.29) is 17.0 Å². The van der Waals surface area contributed by atoms with Crippen molar-refractivity contribution in [2.45, 2.75) is 39.2 Å². The Kier molecular flexibility index (Phi) is 5.86. The molecule has 0 aliphatic carbocycles. The SMILES string of the molecule is CN(C)CCCc1cnc2c(C(=O)O)c(NC(=O)OC(C)(C)C)oc2c1. The third-order valence-corrected chi connectivity index (χ3v) is 3.48. The highest BCUT2D eigenvalue weighted by Gasteiger charge is 2.25. The van der Waals surface area contributed by atoms with Crippen LogP contribution in [0.25, 0.3) is 11.1 Å². The highest BCUT2D eigenvalue weighted by molar-refractivity contribution is 6.07. The summed E-state index contributed by atoms with van der Waals surface area (Å²) in [5, 5.41) is 11.8. The number of aromatic carboxylic acids is 1. The number of carboxylic acids is 1. The second kappa shape index (κ2) is 7.74. The standard InChI is InChI=1S/C18H25N3O5/c1-18(2,3)26-17(24)20-15-13(16(22)23)14-12(25-15)9-11(10-19-14)7-6-8-21(4)5/h9-10H,6-8H2,1-5H3,(H,20,24)(H,22,23). The first-order chi connectivity index (χ1) is 12.1. The minimum Gasteiger partial charge on any atom is -0.477 e. The van der Waals surface area contributed by atoms with E-state index in [9.17, 15) is 14.7 Å². The Bertz CT molecular complexity index is 805. The van der Waals surface area contributed by atoms with Gasteiger partial charge in [0.1, 0.15) is 16.7 Å². The number of aromatic nitrogens is 1. The van der Waals surface area contributed by atoms with Crippen LogP contribution < -0.4 is 5.32 Å². The fourth-order valence-electron chi connectivity index (χ4n) is 2.44. The summed E-state index contributed by atoms with van der Waals surface area (Å²) < 4.78 is 10.7. The molecule has 0 aliphatic rings. The lowest BCUT2D eigenvalue weighted by Gasteiger charge is -2.19. The molecule has 0 saturated heterocycles. The molecule has 142 valence electrons. The number of pyridine rings is 1. The summed E-state index contributed by atoms with van der Waals surface area (Å²) in [6.45, 7) is 6.07. The van der Waals surface area contributed by atoms with Crippen molar-refractivity contribution in [3.8, 4) is 0 Å². The van der Waals surface area contributed by atoms with Crippen LogP contribution in [0.15, 0.2) is 16.7 Å². The van der Waals surface area contributed by atoms with Gasteiger partial charge in [-0.05, 0) is 65.9 Å². The number of hydrogen-bond donors (Lipinski definition) is 2. The number of nitrogens with zero attached hydrogens (tertiary/aromatic N) is 2. The number of rotatable bonds is 6. The van der Waals surface area contributed by atoms with Gasteiger partial charge in [0, 0.05) is 6.20 Å². The predicted octanol–water partition coefficient (Wildman–Crippen LogP) is 3.37. The molecule has 0 aliphatic heterocycles. The van der Waals surface area contributed by atoms with E-state index < -0.39 is 17.7 Å². The number of nitrogens with one attached hydrogen (secondary N) is 1. The first kappa shape index (κ1) is 19.7. The molecule has 8 nitrogen and oxygen atoms in total. The third-order valence-electron chi connectivity index (χ3n) is 3.48. The maximum absolute atomic E-state index is 11.9. The smallest absolute Gasteiger partial charge is 0.414 e. The summed E-state index contributed by atoms with van der Waals surface area (Å²) in [5.74, 6) is -1.41. The molecule has 0 spiro atoms. The van der Waals surface area contributed by atoms with Gasteiger partial charge in [-0.1, -0.05) is 0 Å². The Morgan fingerprint density at radius 1 is 1.35 bits per heavy atom. The van der Waals surface area contributed by atoms with Crippen molar-refractivity contribution in [2.24, 2.45) is 0 Å². The van der Waals surface area contributed by atoms with Crippen LogP contribution in [0.3, 0.4) is 0 Å². The van der Waals surface area contributed by atoms with Gasteiger partial charge in [-0.25, -0.2) is 9.59 Å². The number of furan rings is 1. The molecular formula is C18H25N3O5. The van der Waals surface area contributed by atoms with Crippen LogP contribution in [-0.2, 0) is 11.2 Å². The molecule has 0 radical (unpaired) electrons. The van der Waals surface area contributed by atoms with Crippen LogP contribution in [0.4, 0.5) is 10.7 Å². The van der Waals surface area contributed by atoms with E-state index in [2.05, 4.69) is 15.2 Å². The lowest BCUT2D eigenvalue weighted by molar-refractivity contribution is 0.0633. The molecule has 0 atom stereocenters.